The molecule has 148 valence electrons. The molecule has 1 atom stereocenters. The Morgan fingerprint density at radius 3 is 2.43 bits per heavy atom. The van der Waals surface area contributed by atoms with Crippen molar-refractivity contribution in [3.63, 3.8) is 0 Å². The zero-order chi connectivity index (χ0) is 20.5. The quantitative estimate of drug-likeness (QED) is 0.768. The lowest BCUT2D eigenvalue weighted by atomic mass is 9.85. The molecule has 2 heterocycles. The van der Waals surface area contributed by atoms with Gasteiger partial charge < -0.3 is 19.2 Å². The normalized spacial score (nSPS) is 17.5. The number of Topliss-reactive ketones (excluding diaryl/α,β-unsaturated/α-hetero) is 1. The fourth-order valence-electron chi connectivity index (χ4n) is 3.36. The zero-order valence-electron chi connectivity index (χ0n) is 16.6. The van der Waals surface area contributed by atoms with Crippen LogP contribution in [0.4, 0.5) is 0 Å². The summed E-state index contributed by atoms with van der Waals surface area (Å²) >= 11 is 0. The van der Waals surface area contributed by atoms with E-state index >= 15 is 0 Å². The first kappa shape index (κ1) is 19.9. The topological polar surface area (TPSA) is 80.0 Å². The van der Waals surface area contributed by atoms with Crippen LogP contribution in [-0.2, 0) is 14.9 Å². The summed E-state index contributed by atoms with van der Waals surface area (Å²) in [7, 11) is 1.54. The summed E-state index contributed by atoms with van der Waals surface area (Å²) in [5, 5.41) is 10.5. The molecule has 28 heavy (non-hydrogen) atoms. The van der Waals surface area contributed by atoms with Gasteiger partial charge in [0, 0.05) is 13.7 Å². The third kappa shape index (κ3) is 3.60. The molecule has 0 aliphatic carbocycles. The van der Waals surface area contributed by atoms with E-state index in [-0.39, 0.29) is 29.9 Å². The van der Waals surface area contributed by atoms with Crippen molar-refractivity contribution in [3.8, 4) is 0 Å². The van der Waals surface area contributed by atoms with Gasteiger partial charge in [-0.2, -0.15) is 0 Å². The van der Waals surface area contributed by atoms with E-state index < -0.39 is 23.5 Å². The molecule has 6 heteroatoms. The van der Waals surface area contributed by atoms with Crippen LogP contribution in [0.15, 0.2) is 58.4 Å². The number of carbonyl (C=O) groups excluding carboxylic acids is 2. The molecule has 6 nitrogen and oxygen atoms in total. The number of amides is 1. The van der Waals surface area contributed by atoms with E-state index in [2.05, 4.69) is 20.8 Å². The number of aliphatic hydroxyl groups is 1. The lowest BCUT2D eigenvalue weighted by Gasteiger charge is -2.27. The van der Waals surface area contributed by atoms with Crippen LogP contribution in [0, 0.1) is 0 Å². The molecule has 0 fully saturated rings. The van der Waals surface area contributed by atoms with Gasteiger partial charge in [0.2, 0.25) is 5.78 Å². The van der Waals surface area contributed by atoms with Gasteiger partial charge in [-0.25, -0.2) is 0 Å². The monoisotopic (exact) mass is 383 g/mol. The predicted molar refractivity (Wildman–Crippen MR) is 104 cm³/mol. The third-order valence-corrected chi connectivity index (χ3v) is 4.92. The maximum Gasteiger partial charge on any atom is 0.290 e. The largest absolute Gasteiger partial charge is 0.503 e. The summed E-state index contributed by atoms with van der Waals surface area (Å²) in [6, 6.07) is 10.2. The van der Waals surface area contributed by atoms with Crippen molar-refractivity contribution in [2.45, 2.75) is 32.2 Å². The number of nitrogens with zero attached hydrogens (tertiary/aromatic N) is 1. The summed E-state index contributed by atoms with van der Waals surface area (Å²) in [6.45, 7) is 6.88. The molecule has 3 rings (SSSR count). The number of rotatable bonds is 6. The fraction of sp³-hybridized carbons (Fsp3) is 0.364. The molecular formula is C22H25NO5. The predicted octanol–water partition coefficient (Wildman–Crippen LogP) is 3.80. The van der Waals surface area contributed by atoms with Crippen LogP contribution >= 0.6 is 0 Å². The first-order valence-electron chi connectivity index (χ1n) is 9.17. The summed E-state index contributed by atoms with van der Waals surface area (Å²) in [6.07, 6.45) is 1.39. The van der Waals surface area contributed by atoms with Gasteiger partial charge in [-0.1, -0.05) is 45.0 Å². The average molecular weight is 383 g/mol. The van der Waals surface area contributed by atoms with E-state index in [1.165, 1.54) is 24.3 Å². The molecule has 0 radical (unpaired) electrons. The van der Waals surface area contributed by atoms with E-state index in [0.717, 1.165) is 11.1 Å². The number of furan rings is 1. The van der Waals surface area contributed by atoms with Gasteiger partial charge in [0.15, 0.2) is 11.5 Å². The molecule has 0 saturated heterocycles. The molecule has 1 amide bonds. The highest BCUT2D eigenvalue weighted by Crippen LogP contribution is 2.39. The molecule has 1 aromatic carbocycles. The van der Waals surface area contributed by atoms with Crippen molar-refractivity contribution in [2.24, 2.45) is 0 Å². The Labute approximate surface area is 164 Å². The Hall–Kier alpha value is -2.86. The summed E-state index contributed by atoms with van der Waals surface area (Å²) in [5.74, 6) is -1.54. The molecule has 0 unspecified atom stereocenters. The van der Waals surface area contributed by atoms with E-state index in [4.69, 9.17) is 9.15 Å². The van der Waals surface area contributed by atoms with Gasteiger partial charge >= 0.3 is 0 Å². The second-order valence-electron chi connectivity index (χ2n) is 7.83. The zero-order valence-corrected chi connectivity index (χ0v) is 16.6. The summed E-state index contributed by atoms with van der Waals surface area (Å²) in [4.78, 5) is 27.1. The maximum absolute atomic E-state index is 13.0. The maximum atomic E-state index is 13.0. The molecule has 1 N–H and O–H groups in total. The number of carbonyl (C=O) groups is 2. The minimum Gasteiger partial charge on any atom is -0.503 e. The number of benzene rings is 1. The van der Waals surface area contributed by atoms with Crippen molar-refractivity contribution < 1.29 is 23.8 Å². The number of hydrogen-bond acceptors (Lipinski definition) is 5. The van der Waals surface area contributed by atoms with E-state index in [0.29, 0.717) is 0 Å². The molecule has 0 saturated carbocycles. The second kappa shape index (κ2) is 7.64. The van der Waals surface area contributed by atoms with Gasteiger partial charge in [-0.15, -0.1) is 0 Å². The van der Waals surface area contributed by atoms with Crippen molar-refractivity contribution in [1.82, 2.24) is 4.90 Å². The lowest BCUT2D eigenvalue weighted by molar-refractivity contribution is -0.130. The lowest BCUT2D eigenvalue weighted by Crippen LogP contribution is -2.34. The van der Waals surface area contributed by atoms with Gasteiger partial charge in [-0.3, -0.25) is 9.59 Å². The van der Waals surface area contributed by atoms with E-state index in [9.17, 15) is 14.7 Å². The van der Waals surface area contributed by atoms with Crippen molar-refractivity contribution in [2.75, 3.05) is 20.3 Å². The Balaban J connectivity index is 2.05. The first-order chi connectivity index (χ1) is 13.3. The standard InChI is InChI=1S/C22H25NO5/c1-22(2,3)15-9-7-14(8-10-15)18-17(19(24)16-6-5-12-28-16)20(25)21(26)23(18)11-13-27-4/h5-10,12,18,25H,11,13H2,1-4H3/t18-/m0/s1. The van der Waals surface area contributed by atoms with Crippen molar-refractivity contribution in [1.29, 1.82) is 0 Å². The highest BCUT2D eigenvalue weighted by molar-refractivity contribution is 6.15. The Morgan fingerprint density at radius 1 is 1.21 bits per heavy atom. The average Bonchev–Trinajstić information content (AvgIpc) is 3.27. The fourth-order valence-corrected chi connectivity index (χ4v) is 3.36. The highest BCUT2D eigenvalue weighted by Gasteiger charge is 2.44. The molecular weight excluding hydrogens is 358 g/mol. The highest BCUT2D eigenvalue weighted by atomic mass is 16.5. The minimum atomic E-state index is -0.700. The van der Waals surface area contributed by atoms with Crippen LogP contribution in [0.5, 0.6) is 0 Å². The number of ether oxygens (including phenoxy) is 1. The van der Waals surface area contributed by atoms with Crippen LogP contribution in [-0.4, -0.2) is 42.0 Å². The Kier molecular flexibility index (Phi) is 5.42. The number of hydrogen-bond donors (Lipinski definition) is 1. The van der Waals surface area contributed by atoms with Gasteiger partial charge in [0.1, 0.15) is 0 Å². The molecule has 1 aromatic heterocycles. The number of methoxy groups -OCH3 is 1. The van der Waals surface area contributed by atoms with Crippen LogP contribution in [0.25, 0.3) is 0 Å². The Morgan fingerprint density at radius 2 is 1.89 bits per heavy atom. The number of aliphatic hydroxyl groups excluding tert-OH is 1. The van der Waals surface area contributed by atoms with Crippen LogP contribution in [0.1, 0.15) is 48.5 Å². The van der Waals surface area contributed by atoms with Gasteiger partial charge in [-0.05, 0) is 28.7 Å². The van der Waals surface area contributed by atoms with Crippen LogP contribution in [0.2, 0.25) is 0 Å². The smallest absolute Gasteiger partial charge is 0.290 e. The first-order valence-corrected chi connectivity index (χ1v) is 9.17. The molecule has 0 bridgehead atoms. The summed E-state index contributed by atoms with van der Waals surface area (Å²) < 4.78 is 10.3. The molecule has 1 aliphatic heterocycles. The van der Waals surface area contributed by atoms with Crippen LogP contribution < -0.4 is 0 Å². The SMILES string of the molecule is COCCN1C(=O)C(O)=C(C(=O)c2ccco2)[C@@H]1c1ccc(C(C)(C)C)cc1. The van der Waals surface area contributed by atoms with Gasteiger partial charge in [0.25, 0.3) is 5.91 Å². The summed E-state index contributed by atoms with van der Waals surface area (Å²) in [5.41, 5.74) is 1.89. The molecule has 0 spiro atoms. The molecule has 1 aliphatic rings. The molecule has 2 aromatic rings. The van der Waals surface area contributed by atoms with E-state index in [1.807, 2.05) is 24.3 Å². The third-order valence-electron chi connectivity index (χ3n) is 4.92. The minimum absolute atomic E-state index is 0.0233. The second-order valence-corrected chi connectivity index (χ2v) is 7.83. The van der Waals surface area contributed by atoms with Crippen LogP contribution in [0.3, 0.4) is 0 Å². The van der Waals surface area contributed by atoms with Crippen molar-refractivity contribution >= 4 is 11.7 Å². The van der Waals surface area contributed by atoms with Gasteiger partial charge in [0.05, 0.1) is 24.5 Å². The van der Waals surface area contributed by atoms with Crippen molar-refractivity contribution in [3.05, 3.63) is 70.9 Å². The number of ketones is 1. The van der Waals surface area contributed by atoms with E-state index in [1.54, 1.807) is 6.07 Å². The Bertz CT molecular complexity index is 888.